The Kier molecular flexibility index (Phi) is 5.51. The number of nitrogens with one attached hydrogen (secondary N) is 1. The fourth-order valence-corrected chi connectivity index (χ4v) is 2.36. The predicted molar refractivity (Wildman–Crippen MR) is 83.6 cm³/mol. The summed E-state index contributed by atoms with van der Waals surface area (Å²) in [7, 11) is 0. The quantitative estimate of drug-likeness (QED) is 0.854. The number of aliphatic hydroxyl groups excluding tert-OH is 1. The molecule has 6 nitrogen and oxygen atoms in total. The highest BCUT2D eigenvalue weighted by atomic mass is 35.5. The first-order chi connectivity index (χ1) is 10.6. The zero-order valence-corrected chi connectivity index (χ0v) is 13.3. The minimum absolute atomic E-state index is 0.122. The summed E-state index contributed by atoms with van der Waals surface area (Å²) in [6.45, 7) is 3.89. The topological polar surface area (TPSA) is 82.1 Å². The van der Waals surface area contributed by atoms with E-state index in [1.807, 2.05) is 19.1 Å². The third-order valence-electron chi connectivity index (χ3n) is 3.53. The van der Waals surface area contributed by atoms with Crippen molar-refractivity contribution >= 4 is 17.5 Å². The van der Waals surface area contributed by atoms with Crippen molar-refractivity contribution in [2.75, 3.05) is 6.61 Å². The van der Waals surface area contributed by atoms with E-state index >= 15 is 0 Å². The number of nitrogens with zero attached hydrogens (tertiary/aromatic N) is 3. The predicted octanol–water partition coefficient (Wildman–Crippen LogP) is 2.18. The minimum Gasteiger partial charge on any atom is -0.394 e. The van der Waals surface area contributed by atoms with Crippen LogP contribution >= 0.6 is 11.6 Å². The molecule has 2 N–H and O–H groups in total. The van der Waals surface area contributed by atoms with Crippen LogP contribution in [-0.4, -0.2) is 43.7 Å². The number of pyridine rings is 1. The lowest BCUT2D eigenvalue weighted by molar-refractivity contribution is 0.0558. The molecular formula is C15H19ClN4O2. The Hall–Kier alpha value is -1.92. The van der Waals surface area contributed by atoms with Crippen LogP contribution in [0, 0.1) is 6.92 Å². The van der Waals surface area contributed by atoms with E-state index in [0.29, 0.717) is 23.7 Å². The molecule has 0 spiro atoms. The average molecular weight is 323 g/mol. The molecule has 118 valence electrons. The fraction of sp³-hybridized carbons (Fsp3) is 0.400. The molecular weight excluding hydrogens is 304 g/mol. The normalized spacial score (nSPS) is 12.2. The summed E-state index contributed by atoms with van der Waals surface area (Å²) in [4.78, 5) is 18.4. The molecule has 0 saturated heterocycles. The molecule has 0 aromatic carbocycles. The van der Waals surface area contributed by atoms with Gasteiger partial charge < -0.3 is 10.0 Å². The Morgan fingerprint density at radius 2 is 2.32 bits per heavy atom. The summed E-state index contributed by atoms with van der Waals surface area (Å²) in [6.07, 6.45) is 4.00. The zero-order valence-electron chi connectivity index (χ0n) is 12.6. The maximum Gasteiger partial charge on any atom is 0.276 e. The highest BCUT2D eigenvalue weighted by molar-refractivity contribution is 6.34. The molecule has 1 unspecified atom stereocenters. The summed E-state index contributed by atoms with van der Waals surface area (Å²) in [5, 5.41) is 16.6. The highest BCUT2D eigenvalue weighted by Gasteiger charge is 2.27. The molecule has 0 bridgehead atoms. The van der Waals surface area contributed by atoms with Gasteiger partial charge in [-0.1, -0.05) is 24.6 Å². The van der Waals surface area contributed by atoms with Crippen molar-refractivity contribution in [3.63, 3.8) is 0 Å². The van der Waals surface area contributed by atoms with Crippen LogP contribution in [0.3, 0.4) is 0 Å². The second kappa shape index (κ2) is 7.38. The van der Waals surface area contributed by atoms with E-state index < -0.39 is 0 Å². The number of carbonyl (C=O) groups excluding carboxylic acids is 1. The van der Waals surface area contributed by atoms with Gasteiger partial charge in [0.15, 0.2) is 5.69 Å². The summed E-state index contributed by atoms with van der Waals surface area (Å²) >= 11 is 6.13. The molecule has 0 saturated carbocycles. The van der Waals surface area contributed by atoms with Gasteiger partial charge in [0.25, 0.3) is 5.91 Å². The van der Waals surface area contributed by atoms with E-state index in [2.05, 4.69) is 15.2 Å². The first kappa shape index (κ1) is 16.5. The maximum atomic E-state index is 12.8. The Balaban J connectivity index is 2.31. The van der Waals surface area contributed by atoms with Crippen molar-refractivity contribution in [1.82, 2.24) is 20.1 Å². The van der Waals surface area contributed by atoms with E-state index in [1.165, 1.54) is 0 Å². The van der Waals surface area contributed by atoms with Gasteiger partial charge in [0, 0.05) is 18.9 Å². The average Bonchev–Trinajstić information content (AvgIpc) is 2.87. The van der Waals surface area contributed by atoms with Crippen molar-refractivity contribution in [3.05, 3.63) is 46.5 Å². The van der Waals surface area contributed by atoms with Gasteiger partial charge in [-0.15, -0.1) is 0 Å². The molecule has 2 heterocycles. The van der Waals surface area contributed by atoms with E-state index in [1.54, 1.807) is 24.2 Å². The smallest absolute Gasteiger partial charge is 0.276 e. The Labute approximate surface area is 134 Å². The van der Waals surface area contributed by atoms with Crippen LogP contribution in [0.25, 0.3) is 0 Å². The van der Waals surface area contributed by atoms with Crippen LogP contribution in [0.5, 0.6) is 0 Å². The molecule has 1 atom stereocenters. The van der Waals surface area contributed by atoms with Gasteiger partial charge in [-0.25, -0.2) is 0 Å². The molecule has 0 aliphatic carbocycles. The van der Waals surface area contributed by atoms with Crippen LogP contribution < -0.4 is 0 Å². The van der Waals surface area contributed by atoms with Gasteiger partial charge in [0.05, 0.1) is 23.4 Å². The van der Waals surface area contributed by atoms with Gasteiger partial charge >= 0.3 is 0 Å². The molecule has 1 amide bonds. The van der Waals surface area contributed by atoms with Crippen molar-refractivity contribution in [1.29, 1.82) is 0 Å². The summed E-state index contributed by atoms with van der Waals surface area (Å²) in [5.74, 6) is -0.306. The minimum atomic E-state index is -0.306. The number of rotatable bonds is 6. The number of halogens is 1. The molecule has 7 heteroatoms. The summed E-state index contributed by atoms with van der Waals surface area (Å²) in [5.41, 5.74) is 1.70. The number of aliphatic hydroxyl groups is 1. The number of hydrogen-bond acceptors (Lipinski definition) is 4. The third-order valence-corrected chi connectivity index (χ3v) is 4.00. The van der Waals surface area contributed by atoms with Crippen molar-refractivity contribution in [3.8, 4) is 0 Å². The summed E-state index contributed by atoms with van der Waals surface area (Å²) in [6, 6.07) is 3.39. The van der Waals surface area contributed by atoms with Crippen molar-refractivity contribution in [2.45, 2.75) is 32.9 Å². The van der Waals surface area contributed by atoms with Crippen LogP contribution in [0.1, 0.15) is 35.1 Å². The van der Waals surface area contributed by atoms with Gasteiger partial charge in [-0.3, -0.25) is 14.9 Å². The molecule has 22 heavy (non-hydrogen) atoms. The van der Waals surface area contributed by atoms with Crippen LogP contribution in [-0.2, 0) is 6.54 Å². The Morgan fingerprint density at radius 1 is 1.55 bits per heavy atom. The number of aromatic nitrogens is 3. The number of carbonyl (C=O) groups is 1. The lowest BCUT2D eigenvalue weighted by atomic mass is 10.1. The van der Waals surface area contributed by atoms with E-state index in [-0.39, 0.29) is 24.2 Å². The van der Waals surface area contributed by atoms with Crippen molar-refractivity contribution in [2.24, 2.45) is 0 Å². The van der Waals surface area contributed by atoms with Gasteiger partial charge in [0.2, 0.25) is 0 Å². The Morgan fingerprint density at radius 3 is 2.82 bits per heavy atom. The van der Waals surface area contributed by atoms with E-state index in [4.69, 9.17) is 11.6 Å². The second-order valence-electron chi connectivity index (χ2n) is 5.05. The monoisotopic (exact) mass is 322 g/mol. The zero-order chi connectivity index (χ0) is 16.1. The third kappa shape index (κ3) is 3.45. The van der Waals surface area contributed by atoms with Crippen LogP contribution in [0.4, 0.5) is 0 Å². The number of H-pyrrole nitrogens is 1. The number of aryl methyl sites for hydroxylation is 1. The number of hydrogen-bond donors (Lipinski definition) is 2. The molecule has 0 aliphatic rings. The van der Waals surface area contributed by atoms with Crippen LogP contribution in [0.15, 0.2) is 24.5 Å². The standard InChI is InChI=1S/C15H19ClN4O2/c1-3-12(9-21)20(8-11-5-4-6-17-7-11)15(22)14-13(16)10(2)18-19-14/h4-7,12,21H,3,8-9H2,1-2H3,(H,18,19). The van der Waals surface area contributed by atoms with Gasteiger partial charge in [-0.05, 0) is 25.0 Å². The second-order valence-corrected chi connectivity index (χ2v) is 5.43. The summed E-state index contributed by atoms with van der Waals surface area (Å²) < 4.78 is 0. The van der Waals surface area contributed by atoms with E-state index in [0.717, 1.165) is 5.56 Å². The maximum absolute atomic E-state index is 12.8. The molecule has 0 fully saturated rings. The molecule has 0 radical (unpaired) electrons. The lowest BCUT2D eigenvalue weighted by Gasteiger charge is -2.29. The van der Waals surface area contributed by atoms with Gasteiger partial charge in [0.1, 0.15) is 0 Å². The fourth-order valence-electron chi connectivity index (χ4n) is 2.20. The van der Waals surface area contributed by atoms with Crippen LogP contribution in [0.2, 0.25) is 5.02 Å². The SMILES string of the molecule is CCC(CO)N(Cc1cccnc1)C(=O)c1n[nH]c(C)c1Cl. The first-order valence-corrected chi connectivity index (χ1v) is 7.47. The number of aromatic amines is 1. The highest BCUT2D eigenvalue weighted by Crippen LogP contribution is 2.21. The first-order valence-electron chi connectivity index (χ1n) is 7.09. The molecule has 2 rings (SSSR count). The van der Waals surface area contributed by atoms with Gasteiger partial charge in [-0.2, -0.15) is 5.10 Å². The van der Waals surface area contributed by atoms with E-state index in [9.17, 15) is 9.90 Å². The number of amides is 1. The largest absolute Gasteiger partial charge is 0.394 e. The molecule has 0 aliphatic heterocycles. The Bertz CT molecular complexity index is 626. The van der Waals surface area contributed by atoms with Crippen molar-refractivity contribution < 1.29 is 9.90 Å². The lowest BCUT2D eigenvalue weighted by Crippen LogP contribution is -2.42. The molecule has 2 aromatic rings. The molecule has 2 aromatic heterocycles.